The zero-order valence-electron chi connectivity index (χ0n) is 14.0. The second-order valence-corrected chi connectivity index (χ2v) is 7.78. The van der Waals surface area contributed by atoms with Crippen molar-refractivity contribution < 1.29 is 14.3 Å². The summed E-state index contributed by atoms with van der Waals surface area (Å²) in [6, 6.07) is 0. The molecule has 1 aliphatic rings. The molecule has 1 fully saturated rings. The van der Waals surface area contributed by atoms with Crippen molar-refractivity contribution in [3.63, 3.8) is 0 Å². The number of hydrogen-bond acceptors (Lipinski definition) is 6. The Morgan fingerprint density at radius 2 is 2.26 bits per heavy atom. The Labute approximate surface area is 141 Å². The summed E-state index contributed by atoms with van der Waals surface area (Å²) in [5.74, 6) is 0.418. The van der Waals surface area contributed by atoms with E-state index in [2.05, 4.69) is 15.2 Å². The Kier molecular flexibility index (Phi) is 6.12. The Morgan fingerprint density at radius 3 is 2.91 bits per heavy atom. The van der Waals surface area contributed by atoms with Crippen molar-refractivity contribution in [2.75, 3.05) is 26.2 Å². The zero-order chi connectivity index (χ0) is 16.9. The van der Waals surface area contributed by atoms with Crippen LogP contribution in [0.15, 0.2) is 11.6 Å². The number of thiazole rings is 1. The molecule has 1 aromatic heterocycles. The number of carbonyl (C=O) groups is 2. The summed E-state index contributed by atoms with van der Waals surface area (Å²) in [5, 5.41) is 5.21. The van der Waals surface area contributed by atoms with Gasteiger partial charge in [0.1, 0.15) is 5.60 Å². The van der Waals surface area contributed by atoms with E-state index < -0.39 is 5.60 Å². The molecule has 1 amide bonds. The molecule has 1 N–H and O–H groups in total. The molecule has 6 nitrogen and oxygen atoms in total. The number of Topliss-reactive ketones (excluding diaryl/α,β-unsaturated/α-hetero) is 1. The van der Waals surface area contributed by atoms with E-state index in [1.807, 2.05) is 26.2 Å². The van der Waals surface area contributed by atoms with Crippen LogP contribution in [0.25, 0.3) is 0 Å². The van der Waals surface area contributed by atoms with Gasteiger partial charge < -0.3 is 10.1 Å². The lowest BCUT2D eigenvalue weighted by molar-refractivity contribution is 0.0504. The number of alkyl carbamates (subject to hydrolysis) is 1. The largest absolute Gasteiger partial charge is 0.444 e. The van der Waals surface area contributed by atoms with Gasteiger partial charge in [-0.25, -0.2) is 9.78 Å². The molecule has 0 saturated carbocycles. The standard InChI is InChI=1S/C16H25N3O3S/c1-16(2,3)22-15(21)18-9-12-5-4-7-19(10-12)11-13(20)14-17-6-8-23-14/h6,8,12H,4-5,7,9-11H2,1-3H3,(H,18,21)/t12-/m0/s1. The first-order valence-electron chi connectivity index (χ1n) is 7.95. The smallest absolute Gasteiger partial charge is 0.407 e. The van der Waals surface area contributed by atoms with Gasteiger partial charge in [0.25, 0.3) is 0 Å². The molecular formula is C16H25N3O3S. The third-order valence-corrected chi connectivity index (χ3v) is 4.39. The van der Waals surface area contributed by atoms with Crippen LogP contribution in [0, 0.1) is 5.92 Å². The van der Waals surface area contributed by atoms with Gasteiger partial charge >= 0.3 is 6.09 Å². The minimum atomic E-state index is -0.483. The van der Waals surface area contributed by atoms with Gasteiger partial charge in [0.05, 0.1) is 6.54 Å². The molecule has 2 heterocycles. The number of amides is 1. The van der Waals surface area contributed by atoms with Crippen molar-refractivity contribution in [2.45, 2.75) is 39.2 Å². The highest BCUT2D eigenvalue weighted by Crippen LogP contribution is 2.17. The van der Waals surface area contributed by atoms with Gasteiger partial charge in [-0.2, -0.15) is 0 Å². The monoisotopic (exact) mass is 339 g/mol. The lowest BCUT2D eigenvalue weighted by Crippen LogP contribution is -2.43. The van der Waals surface area contributed by atoms with Gasteiger partial charge in [-0.05, 0) is 46.1 Å². The van der Waals surface area contributed by atoms with Crippen LogP contribution in [0.2, 0.25) is 0 Å². The van der Waals surface area contributed by atoms with E-state index >= 15 is 0 Å². The summed E-state index contributed by atoms with van der Waals surface area (Å²) < 4.78 is 5.24. The molecule has 1 aliphatic heterocycles. The van der Waals surface area contributed by atoms with Gasteiger partial charge in [-0.3, -0.25) is 9.69 Å². The van der Waals surface area contributed by atoms with E-state index in [4.69, 9.17) is 4.74 Å². The summed E-state index contributed by atoms with van der Waals surface area (Å²) in [6.45, 7) is 8.25. The maximum Gasteiger partial charge on any atom is 0.407 e. The van der Waals surface area contributed by atoms with Crippen LogP contribution in [0.4, 0.5) is 4.79 Å². The molecule has 0 aromatic carbocycles. The second kappa shape index (κ2) is 7.88. The molecule has 23 heavy (non-hydrogen) atoms. The van der Waals surface area contributed by atoms with Gasteiger partial charge in [0.2, 0.25) is 5.78 Å². The molecule has 128 valence electrons. The highest BCUT2D eigenvalue weighted by atomic mass is 32.1. The molecule has 0 bridgehead atoms. The minimum absolute atomic E-state index is 0.0701. The van der Waals surface area contributed by atoms with Gasteiger partial charge in [0.15, 0.2) is 5.01 Å². The maximum atomic E-state index is 12.1. The van der Waals surface area contributed by atoms with Crippen LogP contribution in [0.3, 0.4) is 0 Å². The van der Waals surface area contributed by atoms with E-state index in [9.17, 15) is 9.59 Å². The van der Waals surface area contributed by atoms with Gasteiger partial charge in [0, 0.05) is 24.7 Å². The number of ether oxygens (including phenoxy) is 1. The van der Waals surface area contributed by atoms with Crippen LogP contribution in [0.5, 0.6) is 0 Å². The lowest BCUT2D eigenvalue weighted by Gasteiger charge is -2.32. The van der Waals surface area contributed by atoms with E-state index in [0.29, 0.717) is 24.0 Å². The topological polar surface area (TPSA) is 71.5 Å². The number of carbonyl (C=O) groups excluding carboxylic acids is 2. The third kappa shape index (κ3) is 6.27. The fourth-order valence-electron chi connectivity index (χ4n) is 2.64. The Hall–Kier alpha value is -1.47. The van der Waals surface area contributed by atoms with Crippen molar-refractivity contribution in [3.05, 3.63) is 16.6 Å². The Balaban J connectivity index is 1.75. The molecule has 1 aromatic rings. The third-order valence-electron chi connectivity index (χ3n) is 3.58. The molecular weight excluding hydrogens is 314 g/mol. The number of hydrogen-bond donors (Lipinski definition) is 1. The van der Waals surface area contributed by atoms with Gasteiger partial charge in [-0.15, -0.1) is 11.3 Å². The molecule has 0 radical (unpaired) electrons. The van der Waals surface area contributed by atoms with Crippen LogP contribution < -0.4 is 5.32 Å². The average molecular weight is 339 g/mol. The fourth-order valence-corrected chi connectivity index (χ4v) is 3.20. The summed E-state index contributed by atoms with van der Waals surface area (Å²) in [7, 11) is 0. The summed E-state index contributed by atoms with van der Waals surface area (Å²) in [6.07, 6.45) is 3.36. The van der Waals surface area contributed by atoms with Crippen molar-refractivity contribution in [2.24, 2.45) is 5.92 Å². The average Bonchev–Trinajstić information content (AvgIpc) is 2.98. The number of likely N-dealkylation sites (tertiary alicyclic amines) is 1. The van der Waals surface area contributed by atoms with Crippen molar-refractivity contribution in [3.8, 4) is 0 Å². The van der Waals surface area contributed by atoms with Crippen molar-refractivity contribution in [1.29, 1.82) is 0 Å². The zero-order valence-corrected chi connectivity index (χ0v) is 14.8. The normalized spacial score (nSPS) is 19.3. The second-order valence-electron chi connectivity index (χ2n) is 6.89. The molecule has 2 rings (SSSR count). The lowest BCUT2D eigenvalue weighted by atomic mass is 9.98. The fraction of sp³-hybridized carbons (Fsp3) is 0.688. The van der Waals surface area contributed by atoms with E-state index in [1.54, 1.807) is 6.20 Å². The Bertz CT molecular complexity index is 525. The predicted octanol–water partition coefficient (Wildman–Crippen LogP) is 2.56. The number of piperidine rings is 1. The van der Waals surface area contributed by atoms with Gasteiger partial charge in [-0.1, -0.05) is 0 Å². The van der Waals surface area contributed by atoms with Crippen molar-refractivity contribution in [1.82, 2.24) is 15.2 Å². The SMILES string of the molecule is CC(C)(C)OC(=O)NC[C@@H]1CCCN(CC(=O)c2nccs2)C1. The van der Waals surface area contributed by atoms with Crippen LogP contribution in [-0.4, -0.2) is 53.5 Å². The molecule has 1 saturated heterocycles. The maximum absolute atomic E-state index is 12.1. The molecule has 0 aliphatic carbocycles. The van der Waals surface area contributed by atoms with E-state index in [0.717, 1.165) is 25.9 Å². The summed E-state index contributed by atoms with van der Waals surface area (Å²) >= 11 is 1.38. The summed E-state index contributed by atoms with van der Waals surface area (Å²) in [5.41, 5.74) is -0.483. The molecule has 0 unspecified atom stereocenters. The number of ketones is 1. The van der Waals surface area contributed by atoms with Crippen molar-refractivity contribution >= 4 is 23.2 Å². The number of rotatable bonds is 5. The predicted molar refractivity (Wildman–Crippen MR) is 89.8 cm³/mol. The quantitative estimate of drug-likeness (QED) is 0.835. The number of nitrogens with one attached hydrogen (secondary N) is 1. The highest BCUT2D eigenvalue weighted by Gasteiger charge is 2.24. The number of aromatic nitrogens is 1. The molecule has 1 atom stereocenters. The first-order chi connectivity index (χ1) is 10.8. The molecule has 0 spiro atoms. The first kappa shape index (κ1) is 17.9. The van der Waals surface area contributed by atoms with Crippen LogP contribution >= 0.6 is 11.3 Å². The number of nitrogens with zero attached hydrogens (tertiary/aromatic N) is 2. The van der Waals surface area contributed by atoms with Crippen LogP contribution in [0.1, 0.15) is 43.4 Å². The first-order valence-corrected chi connectivity index (χ1v) is 8.83. The molecule has 7 heteroatoms. The highest BCUT2D eigenvalue weighted by molar-refractivity contribution is 7.11. The summed E-state index contributed by atoms with van der Waals surface area (Å²) in [4.78, 5) is 30.0. The Morgan fingerprint density at radius 1 is 1.48 bits per heavy atom. The minimum Gasteiger partial charge on any atom is -0.444 e. The van der Waals surface area contributed by atoms with E-state index in [-0.39, 0.29) is 11.9 Å². The van der Waals surface area contributed by atoms with E-state index in [1.165, 1.54) is 11.3 Å². The van der Waals surface area contributed by atoms with Crippen LogP contribution in [-0.2, 0) is 4.74 Å².